The monoisotopic (exact) mass is 381 g/mol. The molecule has 128 valence electrons. The number of hydrogen-bond donors (Lipinski definition) is 1. The zero-order valence-corrected chi connectivity index (χ0v) is 16.0. The highest BCUT2D eigenvalue weighted by Crippen LogP contribution is 2.25. The Balaban J connectivity index is 1.70. The van der Waals surface area contributed by atoms with Gasteiger partial charge in [0.25, 0.3) is 0 Å². The minimum Gasteiger partial charge on any atom is -0.497 e. The Morgan fingerprint density at radius 2 is 1.75 bits per heavy atom. The highest BCUT2D eigenvalue weighted by atomic mass is 35.5. The molecule has 1 atom stereocenters. The number of benzene rings is 2. The van der Waals surface area contributed by atoms with Crippen LogP contribution in [0.2, 0.25) is 5.02 Å². The van der Waals surface area contributed by atoms with Gasteiger partial charge in [-0.3, -0.25) is 4.79 Å². The number of hydrogen-bond acceptors (Lipinski definition) is 4. The number of rotatable bonds is 8. The summed E-state index contributed by atoms with van der Waals surface area (Å²) < 4.78 is 5.13. The topological polar surface area (TPSA) is 38.3 Å². The number of carbonyl (C=O) groups is 1. The van der Waals surface area contributed by atoms with Crippen LogP contribution in [-0.2, 0) is 4.79 Å². The fraction of sp³-hybridized carbons (Fsp3) is 0.278. The molecule has 2 aromatic carbocycles. The molecule has 0 fully saturated rings. The van der Waals surface area contributed by atoms with Crippen LogP contribution in [0.4, 0.5) is 0 Å². The van der Waals surface area contributed by atoms with Crippen molar-refractivity contribution in [3.05, 3.63) is 53.6 Å². The van der Waals surface area contributed by atoms with Gasteiger partial charge >= 0.3 is 0 Å². The summed E-state index contributed by atoms with van der Waals surface area (Å²) in [5.74, 6) is 1.69. The van der Waals surface area contributed by atoms with Gasteiger partial charge in [0.15, 0.2) is 0 Å². The lowest BCUT2D eigenvalue weighted by molar-refractivity contribution is -0.120. The number of amides is 1. The van der Waals surface area contributed by atoms with Crippen molar-refractivity contribution in [3.63, 3.8) is 0 Å². The van der Waals surface area contributed by atoms with Crippen LogP contribution in [0.1, 0.15) is 6.92 Å². The highest BCUT2D eigenvalue weighted by molar-refractivity contribution is 8.00. The van der Waals surface area contributed by atoms with Crippen LogP contribution in [0.15, 0.2) is 58.3 Å². The highest BCUT2D eigenvalue weighted by Gasteiger charge is 2.13. The molecule has 0 spiro atoms. The lowest BCUT2D eigenvalue weighted by Gasteiger charge is -2.12. The van der Waals surface area contributed by atoms with E-state index in [2.05, 4.69) is 5.32 Å². The Morgan fingerprint density at radius 3 is 2.38 bits per heavy atom. The third kappa shape index (κ3) is 6.30. The van der Waals surface area contributed by atoms with Crippen LogP contribution in [0.25, 0.3) is 0 Å². The Hall–Kier alpha value is -1.30. The van der Waals surface area contributed by atoms with Crippen molar-refractivity contribution in [2.75, 3.05) is 19.4 Å². The molecule has 0 aromatic heterocycles. The fourth-order valence-electron chi connectivity index (χ4n) is 1.93. The molecule has 0 saturated heterocycles. The number of thioether (sulfide) groups is 2. The number of ether oxygens (including phenoxy) is 1. The summed E-state index contributed by atoms with van der Waals surface area (Å²) in [6.45, 7) is 2.55. The molecule has 0 radical (unpaired) electrons. The van der Waals surface area contributed by atoms with Crippen LogP contribution in [0.3, 0.4) is 0 Å². The van der Waals surface area contributed by atoms with E-state index in [1.807, 2.05) is 55.5 Å². The Labute approximate surface area is 156 Å². The average Bonchev–Trinajstić information content (AvgIpc) is 2.60. The summed E-state index contributed by atoms with van der Waals surface area (Å²) in [7, 11) is 1.64. The van der Waals surface area contributed by atoms with Crippen LogP contribution < -0.4 is 10.1 Å². The van der Waals surface area contributed by atoms with Crippen molar-refractivity contribution in [2.24, 2.45) is 0 Å². The minimum absolute atomic E-state index is 0.0486. The molecule has 1 N–H and O–H groups in total. The first-order chi connectivity index (χ1) is 11.6. The molecule has 0 aliphatic carbocycles. The average molecular weight is 382 g/mol. The maximum absolute atomic E-state index is 12.1. The molecule has 6 heteroatoms. The number of methoxy groups -OCH3 is 1. The maximum Gasteiger partial charge on any atom is 0.233 e. The zero-order chi connectivity index (χ0) is 17.4. The van der Waals surface area contributed by atoms with Crippen molar-refractivity contribution in [2.45, 2.75) is 22.0 Å². The van der Waals surface area contributed by atoms with Gasteiger partial charge in [-0.1, -0.05) is 11.6 Å². The van der Waals surface area contributed by atoms with Crippen molar-refractivity contribution in [3.8, 4) is 5.75 Å². The van der Waals surface area contributed by atoms with Crippen molar-refractivity contribution < 1.29 is 9.53 Å². The second-order valence-corrected chi connectivity index (χ2v) is 8.05. The molecule has 0 aliphatic rings. The third-order valence-corrected chi connectivity index (χ3v) is 5.60. The van der Waals surface area contributed by atoms with Gasteiger partial charge < -0.3 is 10.1 Å². The molecular weight excluding hydrogens is 362 g/mol. The van der Waals surface area contributed by atoms with E-state index < -0.39 is 0 Å². The number of halogens is 1. The molecule has 2 rings (SSSR count). The third-order valence-electron chi connectivity index (χ3n) is 3.23. The fourth-order valence-corrected chi connectivity index (χ4v) is 3.72. The van der Waals surface area contributed by atoms with Gasteiger partial charge in [-0.15, -0.1) is 23.5 Å². The van der Waals surface area contributed by atoms with Gasteiger partial charge in [-0.25, -0.2) is 0 Å². The summed E-state index contributed by atoms with van der Waals surface area (Å²) in [5.41, 5.74) is 0. The van der Waals surface area contributed by atoms with Crippen molar-refractivity contribution in [1.82, 2.24) is 5.32 Å². The Bertz CT molecular complexity index is 647. The summed E-state index contributed by atoms with van der Waals surface area (Å²) in [6.07, 6.45) is 0. The molecule has 0 saturated carbocycles. The number of carbonyl (C=O) groups excluding carboxylic acids is 1. The van der Waals surface area contributed by atoms with Crippen LogP contribution >= 0.6 is 35.1 Å². The molecular formula is C18H20ClNO2S2. The normalized spacial score (nSPS) is 11.8. The molecule has 0 heterocycles. The smallest absolute Gasteiger partial charge is 0.233 e. The largest absolute Gasteiger partial charge is 0.497 e. The summed E-state index contributed by atoms with van der Waals surface area (Å²) in [4.78, 5) is 14.3. The first-order valence-corrected chi connectivity index (χ1v) is 9.79. The quantitative estimate of drug-likeness (QED) is 0.529. The van der Waals surface area contributed by atoms with E-state index in [0.717, 1.165) is 26.3 Å². The Morgan fingerprint density at radius 1 is 1.12 bits per heavy atom. The minimum atomic E-state index is -0.140. The lowest BCUT2D eigenvalue weighted by atomic mass is 10.3. The van der Waals surface area contributed by atoms with Gasteiger partial charge in [-0.05, 0) is 55.5 Å². The standard InChI is InChI=1S/C18H20ClNO2S2/c1-13(24-17-9-5-15(22-2)6-10-17)18(21)20-11-12-23-16-7-3-14(19)4-8-16/h3-10,13H,11-12H2,1-2H3,(H,20,21)/t13-/m1/s1. The predicted octanol–water partition coefficient (Wildman–Crippen LogP) is 4.74. The van der Waals surface area contributed by atoms with Gasteiger partial charge in [0.1, 0.15) is 5.75 Å². The van der Waals surface area contributed by atoms with E-state index in [1.165, 1.54) is 11.8 Å². The summed E-state index contributed by atoms with van der Waals surface area (Å²) in [5, 5.41) is 3.57. The molecule has 24 heavy (non-hydrogen) atoms. The molecule has 2 aromatic rings. The number of nitrogens with one attached hydrogen (secondary N) is 1. The first-order valence-electron chi connectivity index (χ1n) is 7.55. The predicted molar refractivity (Wildman–Crippen MR) is 103 cm³/mol. The lowest BCUT2D eigenvalue weighted by Crippen LogP contribution is -2.32. The van der Waals surface area contributed by atoms with E-state index in [4.69, 9.17) is 16.3 Å². The second kappa shape index (κ2) is 9.87. The molecule has 1 amide bonds. The second-order valence-electron chi connectivity index (χ2n) is 5.03. The van der Waals surface area contributed by atoms with E-state index in [9.17, 15) is 4.79 Å². The van der Waals surface area contributed by atoms with Crippen molar-refractivity contribution >= 4 is 41.0 Å². The van der Waals surface area contributed by atoms with Crippen LogP contribution in [0, 0.1) is 0 Å². The van der Waals surface area contributed by atoms with Crippen molar-refractivity contribution in [1.29, 1.82) is 0 Å². The molecule has 0 aliphatic heterocycles. The molecule has 0 unspecified atom stereocenters. The van der Waals surface area contributed by atoms with E-state index in [0.29, 0.717) is 6.54 Å². The maximum atomic E-state index is 12.1. The first kappa shape index (κ1) is 19.0. The van der Waals surface area contributed by atoms with Gasteiger partial charge in [0, 0.05) is 27.1 Å². The van der Waals surface area contributed by atoms with Crippen LogP contribution in [-0.4, -0.2) is 30.6 Å². The summed E-state index contributed by atoms with van der Waals surface area (Å²) in [6, 6.07) is 15.4. The van der Waals surface area contributed by atoms with E-state index in [1.54, 1.807) is 18.9 Å². The van der Waals surface area contributed by atoms with E-state index >= 15 is 0 Å². The van der Waals surface area contributed by atoms with Crippen LogP contribution in [0.5, 0.6) is 5.75 Å². The van der Waals surface area contributed by atoms with Gasteiger partial charge in [0.05, 0.1) is 12.4 Å². The van der Waals surface area contributed by atoms with Gasteiger partial charge in [-0.2, -0.15) is 0 Å². The molecule has 3 nitrogen and oxygen atoms in total. The Kier molecular flexibility index (Phi) is 7.82. The molecule has 0 bridgehead atoms. The zero-order valence-electron chi connectivity index (χ0n) is 13.6. The summed E-state index contributed by atoms with van der Waals surface area (Å²) >= 11 is 9.09. The SMILES string of the molecule is COc1ccc(S[C@H](C)C(=O)NCCSc2ccc(Cl)cc2)cc1. The van der Waals surface area contributed by atoms with Gasteiger partial charge in [0.2, 0.25) is 5.91 Å². The van der Waals surface area contributed by atoms with E-state index in [-0.39, 0.29) is 11.2 Å².